The molecular weight excluding hydrogens is 333 g/mol. The predicted molar refractivity (Wildman–Crippen MR) is 82.4 cm³/mol. The van der Waals surface area contributed by atoms with E-state index in [0.717, 1.165) is 24.9 Å². The standard InChI is InChI=1S/C15H19F3N2O2.ClH/c1-10-8-12(6-7-19-10)14(21)20-9-11-2-4-13(5-3-11)22-15(16,17)18;/h2-5,10,12,19H,6-9H2,1H3,(H,20,21);1H/t10-,12-;/m0./s1. The third kappa shape index (κ3) is 6.66. The number of hydrogen-bond donors (Lipinski definition) is 2. The highest BCUT2D eigenvalue weighted by molar-refractivity contribution is 5.85. The molecule has 0 bridgehead atoms. The lowest BCUT2D eigenvalue weighted by Gasteiger charge is -2.27. The second-order valence-electron chi connectivity index (χ2n) is 5.49. The Morgan fingerprint density at radius 3 is 2.57 bits per heavy atom. The van der Waals surface area contributed by atoms with Crippen molar-refractivity contribution in [1.82, 2.24) is 10.6 Å². The van der Waals surface area contributed by atoms with Crippen molar-refractivity contribution >= 4 is 18.3 Å². The van der Waals surface area contributed by atoms with E-state index >= 15 is 0 Å². The molecule has 0 aromatic heterocycles. The van der Waals surface area contributed by atoms with Crippen LogP contribution in [0, 0.1) is 5.92 Å². The van der Waals surface area contributed by atoms with Gasteiger partial charge in [-0.25, -0.2) is 0 Å². The topological polar surface area (TPSA) is 50.4 Å². The summed E-state index contributed by atoms with van der Waals surface area (Å²) in [4.78, 5) is 12.1. The molecule has 23 heavy (non-hydrogen) atoms. The van der Waals surface area contributed by atoms with Crippen molar-refractivity contribution in [2.24, 2.45) is 5.92 Å². The fourth-order valence-electron chi connectivity index (χ4n) is 2.51. The summed E-state index contributed by atoms with van der Waals surface area (Å²) in [5.41, 5.74) is 0.727. The number of halogens is 4. The number of ether oxygens (including phenoxy) is 1. The molecule has 1 aliphatic heterocycles. The van der Waals surface area contributed by atoms with Crippen LogP contribution in [0.2, 0.25) is 0 Å². The Balaban J connectivity index is 0.00000264. The van der Waals surface area contributed by atoms with Crippen LogP contribution < -0.4 is 15.4 Å². The molecule has 0 unspecified atom stereocenters. The van der Waals surface area contributed by atoms with Gasteiger partial charge in [-0.1, -0.05) is 12.1 Å². The monoisotopic (exact) mass is 352 g/mol. The summed E-state index contributed by atoms with van der Waals surface area (Å²) in [7, 11) is 0. The van der Waals surface area contributed by atoms with Crippen LogP contribution in [0.3, 0.4) is 0 Å². The lowest BCUT2D eigenvalue weighted by atomic mass is 9.92. The lowest BCUT2D eigenvalue weighted by molar-refractivity contribution is -0.274. The molecular formula is C15H20ClF3N2O2. The van der Waals surface area contributed by atoms with E-state index in [4.69, 9.17) is 0 Å². The number of nitrogens with one attached hydrogen (secondary N) is 2. The minimum absolute atomic E-state index is 0. The molecule has 8 heteroatoms. The van der Waals surface area contributed by atoms with Crippen molar-refractivity contribution in [3.8, 4) is 5.75 Å². The summed E-state index contributed by atoms with van der Waals surface area (Å²) in [6.45, 7) is 3.16. The summed E-state index contributed by atoms with van der Waals surface area (Å²) in [6.07, 6.45) is -3.10. The fourth-order valence-corrected chi connectivity index (χ4v) is 2.51. The zero-order valence-corrected chi connectivity index (χ0v) is 13.5. The van der Waals surface area contributed by atoms with Crippen LogP contribution in [-0.4, -0.2) is 24.9 Å². The van der Waals surface area contributed by atoms with Gasteiger partial charge in [0.15, 0.2) is 0 Å². The van der Waals surface area contributed by atoms with Crippen molar-refractivity contribution < 1.29 is 22.7 Å². The molecule has 1 saturated heterocycles. The number of benzene rings is 1. The molecule has 1 heterocycles. The van der Waals surface area contributed by atoms with Gasteiger partial charge in [-0.15, -0.1) is 25.6 Å². The minimum atomic E-state index is -4.69. The van der Waals surface area contributed by atoms with Crippen molar-refractivity contribution in [3.05, 3.63) is 29.8 Å². The Bertz CT molecular complexity index is 508. The number of amides is 1. The van der Waals surface area contributed by atoms with Gasteiger partial charge < -0.3 is 15.4 Å². The molecule has 2 N–H and O–H groups in total. The average Bonchev–Trinajstić information content (AvgIpc) is 2.44. The van der Waals surface area contributed by atoms with E-state index in [0.29, 0.717) is 12.6 Å². The first-order valence-electron chi connectivity index (χ1n) is 7.19. The number of carbonyl (C=O) groups is 1. The molecule has 0 aliphatic carbocycles. The lowest BCUT2D eigenvalue weighted by Crippen LogP contribution is -2.42. The van der Waals surface area contributed by atoms with Crippen LogP contribution in [0.25, 0.3) is 0 Å². The quantitative estimate of drug-likeness (QED) is 0.875. The normalized spacial score (nSPS) is 21.2. The first kappa shape index (κ1) is 19.6. The maximum atomic E-state index is 12.1. The zero-order valence-electron chi connectivity index (χ0n) is 12.7. The van der Waals surface area contributed by atoms with Gasteiger partial charge in [-0.2, -0.15) is 0 Å². The molecule has 0 radical (unpaired) electrons. The summed E-state index contributed by atoms with van der Waals surface area (Å²) < 4.78 is 39.9. The van der Waals surface area contributed by atoms with Crippen LogP contribution in [0.5, 0.6) is 5.75 Å². The maximum absolute atomic E-state index is 12.1. The molecule has 1 aliphatic rings. The van der Waals surface area contributed by atoms with Gasteiger partial charge >= 0.3 is 6.36 Å². The van der Waals surface area contributed by atoms with E-state index < -0.39 is 6.36 Å². The van der Waals surface area contributed by atoms with Crippen LogP contribution in [0.4, 0.5) is 13.2 Å². The Morgan fingerprint density at radius 2 is 2.00 bits per heavy atom. The van der Waals surface area contributed by atoms with Crippen molar-refractivity contribution in [2.45, 2.75) is 38.7 Å². The largest absolute Gasteiger partial charge is 0.573 e. The van der Waals surface area contributed by atoms with Crippen LogP contribution in [-0.2, 0) is 11.3 Å². The number of hydrogen-bond acceptors (Lipinski definition) is 3. The number of alkyl halides is 3. The smallest absolute Gasteiger partial charge is 0.406 e. The number of carbonyl (C=O) groups excluding carboxylic acids is 1. The molecule has 130 valence electrons. The summed E-state index contributed by atoms with van der Waals surface area (Å²) >= 11 is 0. The third-order valence-electron chi connectivity index (χ3n) is 3.62. The third-order valence-corrected chi connectivity index (χ3v) is 3.62. The van der Waals surface area contributed by atoms with Crippen LogP contribution in [0.15, 0.2) is 24.3 Å². The molecule has 1 amide bonds. The Kier molecular flexibility index (Phi) is 7.15. The second-order valence-corrected chi connectivity index (χ2v) is 5.49. The number of piperidine rings is 1. The van der Waals surface area contributed by atoms with Gasteiger partial charge in [0.05, 0.1) is 0 Å². The SMILES string of the molecule is C[C@H]1C[C@@H](C(=O)NCc2ccc(OC(F)(F)F)cc2)CCN1.Cl. The Hall–Kier alpha value is -1.47. The van der Waals surface area contributed by atoms with Crippen LogP contribution in [0.1, 0.15) is 25.3 Å². The molecule has 1 fully saturated rings. The maximum Gasteiger partial charge on any atom is 0.573 e. The van der Waals surface area contributed by atoms with Gasteiger partial charge in [-0.3, -0.25) is 4.79 Å². The molecule has 1 aromatic rings. The highest BCUT2D eigenvalue weighted by Gasteiger charge is 2.31. The molecule has 0 spiro atoms. The van der Waals surface area contributed by atoms with Crippen molar-refractivity contribution in [1.29, 1.82) is 0 Å². The first-order valence-corrected chi connectivity index (χ1v) is 7.19. The van der Waals surface area contributed by atoms with Gasteiger partial charge in [0, 0.05) is 18.5 Å². The van der Waals surface area contributed by atoms with Gasteiger partial charge in [0.2, 0.25) is 5.91 Å². The van der Waals surface area contributed by atoms with E-state index in [1.807, 2.05) is 6.92 Å². The van der Waals surface area contributed by atoms with Gasteiger partial charge in [0.1, 0.15) is 5.75 Å². The molecule has 4 nitrogen and oxygen atoms in total. The van der Waals surface area contributed by atoms with E-state index in [-0.39, 0.29) is 30.0 Å². The highest BCUT2D eigenvalue weighted by Crippen LogP contribution is 2.23. The first-order chi connectivity index (χ1) is 10.3. The van der Waals surface area contributed by atoms with E-state index in [2.05, 4.69) is 15.4 Å². The summed E-state index contributed by atoms with van der Waals surface area (Å²) in [5, 5.41) is 6.11. The van der Waals surface area contributed by atoms with E-state index in [1.54, 1.807) is 0 Å². The van der Waals surface area contributed by atoms with E-state index in [1.165, 1.54) is 24.3 Å². The summed E-state index contributed by atoms with van der Waals surface area (Å²) in [6, 6.07) is 5.81. The Morgan fingerprint density at radius 1 is 1.35 bits per heavy atom. The summed E-state index contributed by atoms with van der Waals surface area (Å²) in [5.74, 6) is -0.289. The van der Waals surface area contributed by atoms with Crippen molar-refractivity contribution in [2.75, 3.05) is 6.54 Å². The number of rotatable bonds is 4. The molecule has 1 aromatic carbocycles. The second kappa shape index (κ2) is 8.40. The van der Waals surface area contributed by atoms with Crippen molar-refractivity contribution in [3.63, 3.8) is 0 Å². The zero-order chi connectivity index (χ0) is 16.2. The average molecular weight is 353 g/mol. The predicted octanol–water partition coefficient (Wildman–Crippen LogP) is 3.01. The van der Waals surface area contributed by atoms with Crippen LogP contribution >= 0.6 is 12.4 Å². The van der Waals surface area contributed by atoms with Gasteiger partial charge in [-0.05, 0) is 44.0 Å². The highest BCUT2D eigenvalue weighted by atomic mass is 35.5. The Labute approximate surface area is 139 Å². The van der Waals surface area contributed by atoms with E-state index in [9.17, 15) is 18.0 Å². The molecule has 2 rings (SSSR count). The molecule has 0 saturated carbocycles. The fraction of sp³-hybridized carbons (Fsp3) is 0.533. The van der Waals surface area contributed by atoms with Gasteiger partial charge in [0.25, 0.3) is 0 Å². The molecule has 2 atom stereocenters. The minimum Gasteiger partial charge on any atom is -0.406 e.